The molecule has 14 heavy (non-hydrogen) atoms. The van der Waals surface area contributed by atoms with Gasteiger partial charge in [0.25, 0.3) is 0 Å². The molecule has 1 unspecified atom stereocenters. The molecule has 1 aliphatic heterocycles. The Kier molecular flexibility index (Phi) is 3.20. The Labute approximate surface area is 87.2 Å². The lowest BCUT2D eigenvalue weighted by molar-refractivity contribution is 0.0272. The van der Waals surface area contributed by atoms with E-state index in [9.17, 15) is 0 Å². The Bertz CT molecular complexity index is 276. The van der Waals surface area contributed by atoms with Gasteiger partial charge in [-0.2, -0.15) is 0 Å². The summed E-state index contributed by atoms with van der Waals surface area (Å²) in [5, 5.41) is 1.53. The van der Waals surface area contributed by atoms with Gasteiger partial charge in [-0.05, 0) is 31.5 Å². The van der Waals surface area contributed by atoms with Crippen LogP contribution in [0.5, 0.6) is 0 Å². The number of rotatable bonds is 1. The van der Waals surface area contributed by atoms with Crippen molar-refractivity contribution in [2.45, 2.75) is 26.1 Å². The average Bonchev–Trinajstić information content (AvgIpc) is 2.18. The highest BCUT2D eigenvalue weighted by molar-refractivity contribution is 7.65. The predicted molar refractivity (Wildman–Crippen MR) is 62.7 cm³/mol. The summed E-state index contributed by atoms with van der Waals surface area (Å²) < 4.78 is 5.75. The van der Waals surface area contributed by atoms with E-state index in [1.54, 1.807) is 0 Å². The summed E-state index contributed by atoms with van der Waals surface area (Å²) in [5.41, 5.74) is 0. The molecule has 0 radical (unpaired) electrons. The molecule has 1 aromatic rings. The number of hydrogen-bond donors (Lipinski definition) is 0. The summed E-state index contributed by atoms with van der Waals surface area (Å²) in [6.45, 7) is 4.38. The van der Waals surface area contributed by atoms with Crippen LogP contribution in [-0.2, 0) is 4.74 Å². The van der Waals surface area contributed by atoms with Crippen LogP contribution in [0, 0.1) is 0 Å². The zero-order valence-electron chi connectivity index (χ0n) is 8.81. The van der Waals surface area contributed by atoms with Gasteiger partial charge in [0, 0.05) is 0 Å². The first-order valence-electron chi connectivity index (χ1n) is 5.21. The Morgan fingerprint density at radius 1 is 1.07 bits per heavy atom. The first-order chi connectivity index (χ1) is 6.75. The summed E-state index contributed by atoms with van der Waals surface area (Å²) in [6, 6.07) is 10.9. The lowest BCUT2D eigenvalue weighted by Gasteiger charge is -2.32. The highest BCUT2D eigenvalue weighted by atomic mass is 31.1. The molecule has 2 rings (SSSR count). The molecule has 1 fully saturated rings. The number of ether oxygens (including phenoxy) is 1. The molecular weight excluding hydrogens is 191 g/mol. The summed E-state index contributed by atoms with van der Waals surface area (Å²) in [5.74, 6) is 0. The summed E-state index contributed by atoms with van der Waals surface area (Å²) in [7, 11) is 0.0294. The minimum Gasteiger partial charge on any atom is -0.375 e. The third kappa shape index (κ3) is 2.34. The van der Waals surface area contributed by atoms with Crippen molar-refractivity contribution in [1.29, 1.82) is 0 Å². The predicted octanol–water partition coefficient (Wildman–Crippen LogP) is 2.60. The van der Waals surface area contributed by atoms with E-state index < -0.39 is 0 Å². The third-order valence-corrected chi connectivity index (χ3v) is 5.48. The van der Waals surface area contributed by atoms with E-state index in [1.165, 1.54) is 17.6 Å². The van der Waals surface area contributed by atoms with Crippen LogP contribution in [0.3, 0.4) is 0 Å². The van der Waals surface area contributed by atoms with Gasteiger partial charge in [0.15, 0.2) is 0 Å². The molecule has 0 spiro atoms. The number of benzene rings is 1. The molecule has 1 saturated heterocycles. The topological polar surface area (TPSA) is 9.23 Å². The lowest BCUT2D eigenvalue weighted by atomic mass is 10.4. The van der Waals surface area contributed by atoms with Crippen LogP contribution in [0.4, 0.5) is 0 Å². The summed E-state index contributed by atoms with van der Waals surface area (Å²) in [6.07, 6.45) is 3.32. The largest absolute Gasteiger partial charge is 0.375 e. The Morgan fingerprint density at radius 2 is 1.64 bits per heavy atom. The van der Waals surface area contributed by atoms with E-state index in [0.29, 0.717) is 12.2 Å². The second-order valence-electron chi connectivity index (χ2n) is 4.00. The molecule has 0 amide bonds. The molecule has 2 heteroatoms. The Morgan fingerprint density at radius 3 is 2.21 bits per heavy atom. The monoisotopic (exact) mass is 208 g/mol. The van der Waals surface area contributed by atoms with E-state index in [0.717, 1.165) is 0 Å². The van der Waals surface area contributed by atoms with Crippen LogP contribution >= 0.6 is 7.92 Å². The van der Waals surface area contributed by atoms with Gasteiger partial charge < -0.3 is 4.74 Å². The van der Waals surface area contributed by atoms with Crippen molar-refractivity contribution < 1.29 is 4.74 Å². The van der Waals surface area contributed by atoms with Crippen molar-refractivity contribution in [1.82, 2.24) is 0 Å². The van der Waals surface area contributed by atoms with Crippen molar-refractivity contribution in [3.8, 4) is 0 Å². The van der Waals surface area contributed by atoms with Crippen molar-refractivity contribution >= 4 is 13.2 Å². The molecule has 0 bridgehead atoms. The molecule has 1 nitrogen and oxygen atoms in total. The molecule has 1 aliphatic rings. The fraction of sp³-hybridized carbons (Fsp3) is 0.500. The van der Waals surface area contributed by atoms with Crippen molar-refractivity contribution in [3.05, 3.63) is 30.3 Å². The SMILES string of the molecule is C[C@@H]1CP(c2ccccc2)C[C@H](C)O1. The quantitative estimate of drug-likeness (QED) is 0.644. The smallest absolute Gasteiger partial charge is 0.0592 e. The van der Waals surface area contributed by atoms with E-state index in [-0.39, 0.29) is 7.92 Å². The molecule has 0 N–H and O–H groups in total. The molecule has 3 atom stereocenters. The summed E-state index contributed by atoms with van der Waals surface area (Å²) >= 11 is 0. The van der Waals surface area contributed by atoms with Crippen LogP contribution in [-0.4, -0.2) is 24.5 Å². The van der Waals surface area contributed by atoms with Crippen molar-refractivity contribution in [3.63, 3.8) is 0 Å². The Hall–Kier alpha value is -0.390. The maximum atomic E-state index is 5.75. The van der Waals surface area contributed by atoms with Gasteiger partial charge in [-0.1, -0.05) is 38.3 Å². The molecule has 0 saturated carbocycles. The van der Waals surface area contributed by atoms with E-state index in [1.807, 2.05) is 0 Å². The summed E-state index contributed by atoms with van der Waals surface area (Å²) in [4.78, 5) is 0. The molecule has 0 aromatic heterocycles. The van der Waals surface area contributed by atoms with E-state index in [2.05, 4.69) is 44.2 Å². The van der Waals surface area contributed by atoms with Crippen LogP contribution in [0.2, 0.25) is 0 Å². The van der Waals surface area contributed by atoms with Gasteiger partial charge in [-0.15, -0.1) is 0 Å². The first-order valence-corrected chi connectivity index (χ1v) is 6.92. The van der Waals surface area contributed by atoms with Gasteiger partial charge in [-0.25, -0.2) is 0 Å². The molecule has 1 aromatic carbocycles. The standard InChI is InChI=1S/C12H17OP/c1-10-8-14(9-11(2)13-10)12-6-4-3-5-7-12/h3-7,10-11H,8-9H2,1-2H3/t10-,11+,14?. The second kappa shape index (κ2) is 4.42. The van der Waals surface area contributed by atoms with Crippen LogP contribution < -0.4 is 5.30 Å². The zero-order valence-corrected chi connectivity index (χ0v) is 9.71. The van der Waals surface area contributed by atoms with Crippen LogP contribution in [0.1, 0.15) is 13.8 Å². The highest BCUT2D eigenvalue weighted by Crippen LogP contribution is 2.40. The fourth-order valence-electron chi connectivity index (χ4n) is 2.03. The normalized spacial score (nSPS) is 32.9. The van der Waals surface area contributed by atoms with Crippen molar-refractivity contribution in [2.24, 2.45) is 0 Å². The van der Waals surface area contributed by atoms with Crippen LogP contribution in [0.25, 0.3) is 0 Å². The number of hydrogen-bond acceptors (Lipinski definition) is 1. The highest BCUT2D eigenvalue weighted by Gasteiger charge is 2.24. The fourth-order valence-corrected chi connectivity index (χ4v) is 4.61. The van der Waals surface area contributed by atoms with Gasteiger partial charge in [0.05, 0.1) is 12.2 Å². The van der Waals surface area contributed by atoms with E-state index in [4.69, 9.17) is 4.74 Å². The van der Waals surface area contributed by atoms with Gasteiger partial charge in [0.2, 0.25) is 0 Å². The Balaban J connectivity index is 2.11. The first kappa shape index (κ1) is 10.1. The molecule has 0 aliphatic carbocycles. The lowest BCUT2D eigenvalue weighted by Crippen LogP contribution is -2.31. The van der Waals surface area contributed by atoms with Crippen molar-refractivity contribution in [2.75, 3.05) is 12.3 Å². The minimum atomic E-state index is 0.0294. The minimum absolute atomic E-state index is 0.0294. The van der Waals surface area contributed by atoms with E-state index >= 15 is 0 Å². The molecule has 76 valence electrons. The molecular formula is C12H17OP. The third-order valence-electron chi connectivity index (χ3n) is 2.54. The van der Waals surface area contributed by atoms with Gasteiger partial charge in [-0.3, -0.25) is 0 Å². The second-order valence-corrected chi connectivity index (χ2v) is 6.32. The maximum Gasteiger partial charge on any atom is 0.0592 e. The molecule has 1 heterocycles. The van der Waals surface area contributed by atoms with Gasteiger partial charge in [0.1, 0.15) is 0 Å². The zero-order chi connectivity index (χ0) is 9.97. The van der Waals surface area contributed by atoms with Crippen LogP contribution in [0.15, 0.2) is 30.3 Å². The maximum absolute atomic E-state index is 5.75. The average molecular weight is 208 g/mol. The van der Waals surface area contributed by atoms with Gasteiger partial charge >= 0.3 is 0 Å².